The number of carbonyl (C=O) groups excluding carboxylic acids is 1. The molecule has 1 fully saturated rings. The van der Waals surface area contributed by atoms with Crippen LogP contribution < -0.4 is 10.5 Å². The Morgan fingerprint density at radius 3 is 2.42 bits per heavy atom. The van der Waals surface area contributed by atoms with Crippen LogP contribution in [0, 0.1) is 0 Å². The fourth-order valence-corrected chi connectivity index (χ4v) is 3.61. The summed E-state index contributed by atoms with van der Waals surface area (Å²) in [7, 11) is 0. The van der Waals surface area contributed by atoms with Crippen molar-refractivity contribution in [3.63, 3.8) is 0 Å². The Morgan fingerprint density at radius 1 is 0.962 bits per heavy atom. The van der Waals surface area contributed by atoms with E-state index in [-0.39, 0.29) is 11.5 Å². The monoisotopic (exact) mass is 367 g/mol. The lowest BCUT2D eigenvalue weighted by Gasteiger charge is -2.36. The topological polar surface area (TPSA) is 56.4 Å². The highest BCUT2D eigenvalue weighted by atomic mass is 35.5. The minimum atomic E-state index is -0.235. The van der Waals surface area contributed by atoms with Crippen LogP contribution in [0.2, 0.25) is 5.02 Å². The number of carbonyl (C=O) groups is 1. The lowest BCUT2D eigenvalue weighted by Crippen LogP contribution is -2.49. The van der Waals surface area contributed by atoms with E-state index in [2.05, 4.69) is 9.88 Å². The van der Waals surface area contributed by atoms with Crippen molar-refractivity contribution < 1.29 is 4.79 Å². The van der Waals surface area contributed by atoms with E-state index in [9.17, 15) is 9.59 Å². The highest BCUT2D eigenvalue weighted by Gasteiger charge is 2.24. The third kappa shape index (κ3) is 3.06. The first-order valence-corrected chi connectivity index (χ1v) is 8.92. The molecule has 2 aromatic carbocycles. The summed E-state index contributed by atoms with van der Waals surface area (Å²) in [5, 5.41) is 2.08. The van der Waals surface area contributed by atoms with Gasteiger partial charge in [-0.2, -0.15) is 0 Å². The van der Waals surface area contributed by atoms with Crippen molar-refractivity contribution in [2.75, 3.05) is 31.1 Å². The number of nitrogens with zero attached hydrogens (tertiary/aromatic N) is 2. The van der Waals surface area contributed by atoms with Crippen LogP contribution >= 0.6 is 11.6 Å². The molecule has 0 atom stereocenters. The Balaban J connectivity index is 1.52. The van der Waals surface area contributed by atoms with Gasteiger partial charge in [0.1, 0.15) is 5.69 Å². The summed E-state index contributed by atoms with van der Waals surface area (Å²) in [4.78, 5) is 31.7. The molecule has 2 heterocycles. The minimum Gasteiger partial charge on any atom is -0.367 e. The standard InChI is InChI=1S/C20H18ClN3O2/c21-16-7-3-4-8-18(16)23-9-11-24(12-10-23)20(26)17-13-14-5-1-2-6-15(14)19(25)22-17/h1-8,13H,9-12H2,(H,22,25). The zero-order chi connectivity index (χ0) is 18.1. The molecule has 1 aliphatic rings. The van der Waals surface area contributed by atoms with Gasteiger partial charge in [-0.15, -0.1) is 0 Å². The number of anilines is 1. The number of piperazine rings is 1. The summed E-state index contributed by atoms with van der Waals surface area (Å²) in [6.07, 6.45) is 0. The molecule has 1 aliphatic heterocycles. The molecule has 1 aromatic heterocycles. The molecule has 0 radical (unpaired) electrons. The molecule has 1 amide bonds. The second-order valence-electron chi connectivity index (χ2n) is 6.33. The Bertz CT molecular complexity index is 1020. The molecule has 4 rings (SSSR count). The van der Waals surface area contributed by atoms with Crippen molar-refractivity contribution in [3.05, 3.63) is 75.7 Å². The summed E-state index contributed by atoms with van der Waals surface area (Å²) in [5.41, 5.74) is 1.08. The van der Waals surface area contributed by atoms with Crippen LogP contribution in [0.15, 0.2) is 59.4 Å². The van der Waals surface area contributed by atoms with E-state index >= 15 is 0 Å². The number of hydrogen-bond donors (Lipinski definition) is 1. The maximum atomic E-state index is 12.8. The van der Waals surface area contributed by atoms with Gasteiger partial charge in [0.2, 0.25) is 0 Å². The minimum absolute atomic E-state index is 0.147. The first-order valence-electron chi connectivity index (χ1n) is 8.54. The lowest BCUT2D eigenvalue weighted by atomic mass is 10.1. The summed E-state index contributed by atoms with van der Waals surface area (Å²) in [5.74, 6) is -0.147. The first-order chi connectivity index (χ1) is 12.6. The number of nitrogens with one attached hydrogen (secondary N) is 1. The predicted molar refractivity (Wildman–Crippen MR) is 104 cm³/mol. The molecule has 3 aromatic rings. The van der Waals surface area contributed by atoms with Gasteiger partial charge in [-0.1, -0.05) is 41.9 Å². The van der Waals surface area contributed by atoms with Crippen LogP contribution in [0.3, 0.4) is 0 Å². The van der Waals surface area contributed by atoms with Crippen molar-refractivity contribution in [1.82, 2.24) is 9.88 Å². The number of amides is 1. The van der Waals surface area contributed by atoms with Crippen LogP contribution in [0.25, 0.3) is 10.8 Å². The molecule has 0 aliphatic carbocycles. The molecular formula is C20H18ClN3O2. The highest BCUT2D eigenvalue weighted by Crippen LogP contribution is 2.26. The number of hydrogen-bond acceptors (Lipinski definition) is 3. The van der Waals surface area contributed by atoms with E-state index < -0.39 is 0 Å². The van der Waals surface area contributed by atoms with Crippen LogP contribution in [-0.2, 0) is 0 Å². The van der Waals surface area contributed by atoms with Crippen LogP contribution in [-0.4, -0.2) is 42.0 Å². The number of benzene rings is 2. The fourth-order valence-electron chi connectivity index (χ4n) is 3.36. The lowest BCUT2D eigenvalue weighted by molar-refractivity contribution is 0.0741. The number of fused-ring (bicyclic) bond motifs is 1. The average molecular weight is 368 g/mol. The molecule has 1 N–H and O–H groups in total. The highest BCUT2D eigenvalue weighted by molar-refractivity contribution is 6.33. The van der Waals surface area contributed by atoms with Gasteiger partial charge < -0.3 is 14.8 Å². The van der Waals surface area contributed by atoms with Crippen molar-refractivity contribution in [2.24, 2.45) is 0 Å². The first kappa shape index (κ1) is 16.7. The second-order valence-corrected chi connectivity index (χ2v) is 6.74. The molecule has 0 spiro atoms. The third-order valence-corrected chi connectivity index (χ3v) is 5.06. The van der Waals surface area contributed by atoms with E-state index in [1.807, 2.05) is 42.5 Å². The average Bonchev–Trinajstić information content (AvgIpc) is 2.68. The molecular weight excluding hydrogens is 350 g/mol. The van der Waals surface area contributed by atoms with Gasteiger partial charge >= 0.3 is 0 Å². The largest absolute Gasteiger partial charge is 0.367 e. The molecule has 132 valence electrons. The molecule has 0 saturated carbocycles. The SMILES string of the molecule is O=C(c1cc2ccccc2c(=O)[nH]1)N1CCN(c2ccccc2Cl)CC1. The van der Waals surface area contributed by atoms with Gasteiger partial charge in [0, 0.05) is 31.6 Å². The smallest absolute Gasteiger partial charge is 0.270 e. The van der Waals surface area contributed by atoms with Gasteiger partial charge in [-0.05, 0) is 29.7 Å². The van der Waals surface area contributed by atoms with E-state index in [1.54, 1.807) is 17.0 Å². The van der Waals surface area contributed by atoms with Crippen molar-refractivity contribution in [2.45, 2.75) is 0 Å². The van der Waals surface area contributed by atoms with Crippen molar-refractivity contribution >= 4 is 34.0 Å². The van der Waals surface area contributed by atoms with Gasteiger partial charge in [0.25, 0.3) is 11.5 Å². The van der Waals surface area contributed by atoms with Crippen molar-refractivity contribution in [1.29, 1.82) is 0 Å². The summed E-state index contributed by atoms with van der Waals surface area (Å²) >= 11 is 6.26. The molecule has 5 nitrogen and oxygen atoms in total. The molecule has 26 heavy (non-hydrogen) atoms. The zero-order valence-electron chi connectivity index (χ0n) is 14.1. The molecule has 6 heteroatoms. The van der Waals surface area contributed by atoms with Gasteiger partial charge in [-0.25, -0.2) is 0 Å². The number of aromatic nitrogens is 1. The van der Waals surface area contributed by atoms with Gasteiger partial charge in [0.15, 0.2) is 0 Å². The number of pyridine rings is 1. The Morgan fingerprint density at radius 2 is 1.65 bits per heavy atom. The third-order valence-electron chi connectivity index (χ3n) is 4.74. The number of H-pyrrole nitrogens is 1. The Hall–Kier alpha value is -2.79. The van der Waals surface area contributed by atoms with Crippen LogP contribution in [0.4, 0.5) is 5.69 Å². The van der Waals surface area contributed by atoms with Gasteiger partial charge in [-0.3, -0.25) is 9.59 Å². The number of halogens is 1. The molecule has 1 saturated heterocycles. The van der Waals surface area contributed by atoms with Crippen LogP contribution in [0.5, 0.6) is 0 Å². The summed E-state index contributed by atoms with van der Waals surface area (Å²) < 4.78 is 0. The summed E-state index contributed by atoms with van der Waals surface area (Å²) in [6, 6.07) is 16.7. The normalized spacial score (nSPS) is 14.7. The summed E-state index contributed by atoms with van der Waals surface area (Å²) in [6.45, 7) is 2.57. The zero-order valence-corrected chi connectivity index (χ0v) is 14.9. The Kier molecular flexibility index (Phi) is 4.39. The van der Waals surface area contributed by atoms with E-state index in [0.717, 1.165) is 11.1 Å². The van der Waals surface area contributed by atoms with E-state index in [0.29, 0.717) is 42.3 Å². The molecule has 0 bridgehead atoms. The number of rotatable bonds is 2. The quantitative estimate of drug-likeness (QED) is 0.757. The second kappa shape index (κ2) is 6.84. The van der Waals surface area contributed by atoms with Crippen LogP contribution in [0.1, 0.15) is 10.5 Å². The van der Waals surface area contributed by atoms with E-state index in [1.165, 1.54) is 0 Å². The number of para-hydroxylation sites is 1. The fraction of sp³-hybridized carbons (Fsp3) is 0.200. The maximum absolute atomic E-state index is 12.8. The predicted octanol–water partition coefficient (Wildman–Crippen LogP) is 3.14. The number of aromatic amines is 1. The maximum Gasteiger partial charge on any atom is 0.270 e. The Labute approximate surface area is 155 Å². The van der Waals surface area contributed by atoms with Gasteiger partial charge in [0.05, 0.1) is 10.7 Å². The van der Waals surface area contributed by atoms with Crippen molar-refractivity contribution in [3.8, 4) is 0 Å². The van der Waals surface area contributed by atoms with E-state index in [4.69, 9.17) is 11.6 Å². The molecule has 0 unspecified atom stereocenters.